The van der Waals surface area contributed by atoms with Gasteiger partial charge in [0, 0.05) is 19.7 Å². The third kappa shape index (κ3) is 4.70. The number of urea groups is 1. The Morgan fingerprint density at radius 1 is 1.47 bits per heavy atom. The van der Waals surface area contributed by atoms with E-state index < -0.39 is 12.0 Å². The van der Waals surface area contributed by atoms with Gasteiger partial charge in [-0.2, -0.15) is 0 Å². The van der Waals surface area contributed by atoms with Crippen LogP contribution in [0.1, 0.15) is 33.6 Å². The zero-order valence-corrected chi connectivity index (χ0v) is 11.9. The van der Waals surface area contributed by atoms with E-state index in [2.05, 4.69) is 5.32 Å². The molecule has 0 aliphatic carbocycles. The molecule has 1 unspecified atom stereocenters. The maximum Gasteiger partial charge on any atom is 0.326 e. The highest BCUT2D eigenvalue weighted by Gasteiger charge is 2.28. The molecule has 19 heavy (non-hydrogen) atoms. The largest absolute Gasteiger partial charge is 0.480 e. The number of rotatable bonds is 5. The monoisotopic (exact) mass is 272 g/mol. The maximum absolute atomic E-state index is 12.1. The SMILES string of the molecule is CCOC1CCCN(C(=O)N[C@@H](C(=O)O)C(C)C)C1. The summed E-state index contributed by atoms with van der Waals surface area (Å²) in [6, 6.07) is -1.16. The molecule has 2 N–H and O–H groups in total. The second kappa shape index (κ2) is 7.33. The van der Waals surface area contributed by atoms with Crippen molar-refractivity contribution in [1.29, 1.82) is 0 Å². The molecule has 0 saturated carbocycles. The minimum absolute atomic E-state index is 0.0619. The topological polar surface area (TPSA) is 78.9 Å². The number of ether oxygens (including phenoxy) is 1. The molecular weight excluding hydrogens is 248 g/mol. The fraction of sp³-hybridized carbons (Fsp3) is 0.846. The van der Waals surface area contributed by atoms with E-state index in [4.69, 9.17) is 9.84 Å². The van der Waals surface area contributed by atoms with Crippen LogP contribution in [0.5, 0.6) is 0 Å². The van der Waals surface area contributed by atoms with Gasteiger partial charge in [0.1, 0.15) is 6.04 Å². The fourth-order valence-electron chi connectivity index (χ4n) is 2.23. The van der Waals surface area contributed by atoms with Crippen molar-refractivity contribution >= 4 is 12.0 Å². The van der Waals surface area contributed by atoms with Crippen LogP contribution in [0.4, 0.5) is 4.79 Å². The molecule has 1 fully saturated rings. The van der Waals surface area contributed by atoms with Crippen LogP contribution >= 0.6 is 0 Å². The number of hydrogen-bond donors (Lipinski definition) is 2. The maximum atomic E-state index is 12.1. The number of carbonyl (C=O) groups excluding carboxylic acids is 1. The number of nitrogens with zero attached hydrogens (tertiary/aromatic N) is 1. The normalized spacial score (nSPS) is 21.3. The zero-order valence-electron chi connectivity index (χ0n) is 11.9. The van der Waals surface area contributed by atoms with E-state index in [1.807, 2.05) is 6.92 Å². The van der Waals surface area contributed by atoms with Crippen LogP contribution in [-0.2, 0) is 9.53 Å². The Morgan fingerprint density at radius 2 is 2.16 bits per heavy atom. The van der Waals surface area contributed by atoms with Gasteiger partial charge in [0.2, 0.25) is 0 Å². The van der Waals surface area contributed by atoms with Gasteiger partial charge in [0.05, 0.1) is 6.10 Å². The highest BCUT2D eigenvalue weighted by atomic mass is 16.5. The van der Waals surface area contributed by atoms with E-state index in [9.17, 15) is 9.59 Å². The van der Waals surface area contributed by atoms with E-state index in [0.717, 1.165) is 12.8 Å². The first-order chi connectivity index (χ1) is 8.95. The first-order valence-corrected chi connectivity index (χ1v) is 6.85. The second-order valence-corrected chi connectivity index (χ2v) is 5.18. The van der Waals surface area contributed by atoms with Gasteiger partial charge in [-0.3, -0.25) is 0 Å². The highest BCUT2D eigenvalue weighted by molar-refractivity contribution is 5.82. The first-order valence-electron chi connectivity index (χ1n) is 6.85. The van der Waals surface area contributed by atoms with Crippen LogP contribution in [0.2, 0.25) is 0 Å². The van der Waals surface area contributed by atoms with Crippen LogP contribution < -0.4 is 5.32 Å². The molecule has 0 radical (unpaired) electrons. The van der Waals surface area contributed by atoms with Gasteiger partial charge in [-0.15, -0.1) is 0 Å². The van der Waals surface area contributed by atoms with E-state index in [0.29, 0.717) is 19.7 Å². The lowest BCUT2D eigenvalue weighted by Gasteiger charge is -2.33. The van der Waals surface area contributed by atoms with Crippen molar-refractivity contribution in [3.63, 3.8) is 0 Å². The molecule has 110 valence electrons. The van der Waals surface area contributed by atoms with E-state index in [1.165, 1.54) is 0 Å². The fourth-order valence-corrected chi connectivity index (χ4v) is 2.23. The van der Waals surface area contributed by atoms with Crippen LogP contribution in [0.15, 0.2) is 0 Å². The van der Waals surface area contributed by atoms with Crippen molar-refractivity contribution in [2.45, 2.75) is 45.8 Å². The number of carboxylic acid groups (broad SMARTS) is 1. The summed E-state index contributed by atoms with van der Waals surface area (Å²) in [4.78, 5) is 24.8. The smallest absolute Gasteiger partial charge is 0.326 e. The molecule has 1 rings (SSSR count). The summed E-state index contributed by atoms with van der Waals surface area (Å²) in [5.74, 6) is -1.14. The summed E-state index contributed by atoms with van der Waals surface area (Å²) >= 11 is 0. The lowest BCUT2D eigenvalue weighted by atomic mass is 10.0. The van der Waals surface area contributed by atoms with Gasteiger partial charge in [0.25, 0.3) is 0 Å². The Balaban J connectivity index is 2.54. The number of aliphatic carboxylic acids is 1. The number of hydrogen-bond acceptors (Lipinski definition) is 3. The number of carbonyl (C=O) groups is 2. The molecule has 0 bridgehead atoms. The molecular formula is C13H24N2O4. The first kappa shape index (κ1) is 15.8. The molecule has 0 aromatic carbocycles. The highest BCUT2D eigenvalue weighted by Crippen LogP contribution is 2.14. The summed E-state index contributed by atoms with van der Waals surface area (Å²) < 4.78 is 5.53. The molecule has 0 aromatic rings. The van der Waals surface area contributed by atoms with Crippen molar-refractivity contribution < 1.29 is 19.4 Å². The van der Waals surface area contributed by atoms with Gasteiger partial charge >= 0.3 is 12.0 Å². The van der Waals surface area contributed by atoms with Crippen LogP contribution in [0.3, 0.4) is 0 Å². The van der Waals surface area contributed by atoms with Crippen molar-refractivity contribution in [3.8, 4) is 0 Å². The van der Waals surface area contributed by atoms with Crippen molar-refractivity contribution in [2.75, 3.05) is 19.7 Å². The van der Waals surface area contributed by atoms with Crippen LogP contribution in [0, 0.1) is 5.92 Å². The molecule has 6 nitrogen and oxygen atoms in total. The number of likely N-dealkylation sites (tertiary alicyclic amines) is 1. The van der Waals surface area contributed by atoms with Gasteiger partial charge in [-0.05, 0) is 25.7 Å². The molecule has 1 saturated heterocycles. The minimum atomic E-state index is -0.998. The summed E-state index contributed by atoms with van der Waals surface area (Å²) in [6.07, 6.45) is 1.90. The zero-order chi connectivity index (χ0) is 14.4. The third-order valence-electron chi connectivity index (χ3n) is 3.28. The number of amides is 2. The second-order valence-electron chi connectivity index (χ2n) is 5.18. The molecule has 0 aromatic heterocycles. The third-order valence-corrected chi connectivity index (χ3v) is 3.28. The van der Waals surface area contributed by atoms with E-state index in [1.54, 1.807) is 18.7 Å². The number of piperidine rings is 1. The Morgan fingerprint density at radius 3 is 2.68 bits per heavy atom. The minimum Gasteiger partial charge on any atom is -0.480 e. The predicted octanol–water partition coefficient (Wildman–Crippen LogP) is 1.31. The summed E-state index contributed by atoms with van der Waals surface area (Å²) in [5, 5.41) is 11.6. The Kier molecular flexibility index (Phi) is 6.08. The molecule has 2 amide bonds. The predicted molar refractivity (Wildman–Crippen MR) is 71.0 cm³/mol. The van der Waals surface area contributed by atoms with Gasteiger partial charge in [-0.25, -0.2) is 9.59 Å². The van der Waals surface area contributed by atoms with E-state index >= 15 is 0 Å². The Labute approximate surface area is 114 Å². The molecule has 6 heteroatoms. The molecule has 1 heterocycles. The standard InChI is InChI=1S/C13H24N2O4/c1-4-19-10-6-5-7-15(8-10)13(18)14-11(9(2)3)12(16)17/h9-11H,4-8H2,1-3H3,(H,14,18)(H,16,17)/t10?,11-/m1/s1. The van der Waals surface area contributed by atoms with Crippen molar-refractivity contribution in [1.82, 2.24) is 10.2 Å². The summed E-state index contributed by atoms with van der Waals surface area (Å²) in [7, 11) is 0. The average molecular weight is 272 g/mol. The van der Waals surface area contributed by atoms with Crippen LogP contribution in [0.25, 0.3) is 0 Å². The van der Waals surface area contributed by atoms with Gasteiger partial charge in [-0.1, -0.05) is 13.8 Å². The van der Waals surface area contributed by atoms with Crippen LogP contribution in [-0.4, -0.2) is 53.8 Å². The quantitative estimate of drug-likeness (QED) is 0.791. The van der Waals surface area contributed by atoms with Crippen molar-refractivity contribution in [2.24, 2.45) is 5.92 Å². The number of carboxylic acids is 1. The van der Waals surface area contributed by atoms with Gasteiger partial charge < -0.3 is 20.1 Å². The Hall–Kier alpha value is -1.30. The lowest BCUT2D eigenvalue weighted by Crippen LogP contribution is -2.53. The summed E-state index contributed by atoms with van der Waals surface area (Å²) in [6.45, 7) is 7.29. The van der Waals surface area contributed by atoms with E-state index in [-0.39, 0.29) is 18.1 Å². The van der Waals surface area contributed by atoms with Gasteiger partial charge in [0.15, 0.2) is 0 Å². The lowest BCUT2D eigenvalue weighted by molar-refractivity contribution is -0.140. The number of nitrogens with one attached hydrogen (secondary N) is 1. The molecule has 1 aliphatic rings. The molecule has 0 spiro atoms. The molecule has 1 aliphatic heterocycles. The van der Waals surface area contributed by atoms with Crippen molar-refractivity contribution in [3.05, 3.63) is 0 Å². The average Bonchev–Trinajstić information content (AvgIpc) is 2.35. The summed E-state index contributed by atoms with van der Waals surface area (Å²) in [5.41, 5.74) is 0. The Bertz CT molecular complexity index is 318. The molecule has 2 atom stereocenters.